The molecule has 1 spiro atoms. The summed E-state index contributed by atoms with van der Waals surface area (Å²) in [5, 5.41) is 0. The van der Waals surface area contributed by atoms with Crippen LogP contribution in [0.15, 0.2) is 0 Å². The highest BCUT2D eigenvalue weighted by Crippen LogP contribution is 2.39. The predicted molar refractivity (Wildman–Crippen MR) is 96.5 cm³/mol. The van der Waals surface area contributed by atoms with Gasteiger partial charge < -0.3 is 9.80 Å². The molecule has 0 unspecified atom stereocenters. The molecule has 2 saturated heterocycles. The SMILES string of the molecule is CSCCC(=O)N1CCC[C@]2(CCC(=O)N(CCC(C)C)C2)C1. The number of thioether (sulfide) groups is 1. The van der Waals surface area contributed by atoms with Crippen LogP contribution in [0.1, 0.15) is 52.4 Å². The molecule has 1 atom stereocenters. The van der Waals surface area contributed by atoms with Crippen LogP contribution in [0.5, 0.6) is 0 Å². The van der Waals surface area contributed by atoms with Crippen molar-refractivity contribution in [2.75, 3.05) is 38.2 Å². The summed E-state index contributed by atoms with van der Waals surface area (Å²) in [6.45, 7) is 7.89. The first-order chi connectivity index (χ1) is 11.0. The minimum atomic E-state index is 0.151. The van der Waals surface area contributed by atoms with Crippen molar-refractivity contribution >= 4 is 23.6 Å². The number of hydrogen-bond donors (Lipinski definition) is 0. The van der Waals surface area contributed by atoms with E-state index in [-0.39, 0.29) is 5.41 Å². The van der Waals surface area contributed by atoms with Crippen molar-refractivity contribution in [3.63, 3.8) is 0 Å². The molecule has 0 radical (unpaired) electrons. The van der Waals surface area contributed by atoms with Crippen molar-refractivity contribution in [2.24, 2.45) is 11.3 Å². The first kappa shape index (κ1) is 18.6. The molecule has 2 fully saturated rings. The minimum absolute atomic E-state index is 0.151. The number of rotatable bonds is 6. The van der Waals surface area contributed by atoms with E-state index in [4.69, 9.17) is 0 Å². The third-order valence-electron chi connectivity index (χ3n) is 5.26. The van der Waals surface area contributed by atoms with Crippen LogP contribution in [0.25, 0.3) is 0 Å². The maximum atomic E-state index is 12.4. The van der Waals surface area contributed by atoms with Crippen LogP contribution < -0.4 is 0 Å². The van der Waals surface area contributed by atoms with Crippen LogP contribution in [-0.4, -0.2) is 59.8 Å². The van der Waals surface area contributed by atoms with E-state index in [9.17, 15) is 9.59 Å². The fourth-order valence-electron chi connectivity index (χ4n) is 3.82. The van der Waals surface area contributed by atoms with Gasteiger partial charge in [0.25, 0.3) is 0 Å². The van der Waals surface area contributed by atoms with Gasteiger partial charge in [0.2, 0.25) is 11.8 Å². The Morgan fingerprint density at radius 1 is 1.30 bits per heavy atom. The zero-order chi connectivity index (χ0) is 16.9. The normalized spacial score (nSPS) is 25.5. The lowest BCUT2D eigenvalue weighted by Crippen LogP contribution is -2.55. The van der Waals surface area contributed by atoms with E-state index in [1.165, 1.54) is 0 Å². The number of nitrogens with zero attached hydrogens (tertiary/aromatic N) is 2. The van der Waals surface area contributed by atoms with E-state index >= 15 is 0 Å². The summed E-state index contributed by atoms with van der Waals surface area (Å²) in [7, 11) is 0. The Balaban J connectivity index is 1.96. The van der Waals surface area contributed by atoms with Crippen LogP contribution in [0.2, 0.25) is 0 Å². The van der Waals surface area contributed by atoms with Gasteiger partial charge in [-0.2, -0.15) is 11.8 Å². The predicted octanol–water partition coefficient (Wildman–Crippen LogP) is 3.02. The van der Waals surface area contributed by atoms with Gasteiger partial charge in [-0.25, -0.2) is 0 Å². The molecule has 0 aromatic heterocycles. The Morgan fingerprint density at radius 3 is 2.78 bits per heavy atom. The molecule has 0 aromatic rings. The molecule has 0 aliphatic carbocycles. The molecule has 4 nitrogen and oxygen atoms in total. The zero-order valence-corrected chi connectivity index (χ0v) is 15.8. The molecule has 2 heterocycles. The molecule has 2 aliphatic heterocycles. The highest BCUT2D eigenvalue weighted by molar-refractivity contribution is 7.98. The summed E-state index contributed by atoms with van der Waals surface area (Å²) in [5.74, 6) is 2.13. The van der Waals surface area contributed by atoms with Crippen molar-refractivity contribution in [3.8, 4) is 0 Å². The van der Waals surface area contributed by atoms with E-state index in [1.807, 2.05) is 6.26 Å². The smallest absolute Gasteiger partial charge is 0.223 e. The molecule has 0 saturated carbocycles. The van der Waals surface area contributed by atoms with E-state index in [0.29, 0.717) is 30.6 Å². The Kier molecular flexibility index (Phi) is 6.81. The Labute approximate surface area is 145 Å². The number of piperidine rings is 2. The molecule has 2 rings (SSSR count). The van der Waals surface area contributed by atoms with Crippen molar-refractivity contribution < 1.29 is 9.59 Å². The van der Waals surface area contributed by atoms with E-state index in [1.54, 1.807) is 11.8 Å². The molecule has 132 valence electrons. The first-order valence-corrected chi connectivity index (χ1v) is 10.4. The molecular weight excluding hydrogens is 308 g/mol. The molecule has 0 bridgehead atoms. The molecule has 2 amide bonds. The average Bonchev–Trinajstić information content (AvgIpc) is 2.54. The topological polar surface area (TPSA) is 40.6 Å². The lowest BCUT2D eigenvalue weighted by atomic mass is 9.73. The van der Waals surface area contributed by atoms with Gasteiger partial charge in [0.1, 0.15) is 0 Å². The number of hydrogen-bond acceptors (Lipinski definition) is 3. The van der Waals surface area contributed by atoms with Crippen LogP contribution >= 0.6 is 11.8 Å². The first-order valence-electron chi connectivity index (χ1n) is 9.00. The highest BCUT2D eigenvalue weighted by atomic mass is 32.2. The standard InChI is InChI=1S/C18H32N2O2S/c1-15(2)6-11-20-14-18(9-5-16(20)21)8-4-10-19(13-18)17(22)7-12-23-3/h15H,4-14H2,1-3H3/t18-/m0/s1. The zero-order valence-electron chi connectivity index (χ0n) is 15.0. The van der Waals surface area contributed by atoms with E-state index in [0.717, 1.165) is 57.6 Å². The summed E-state index contributed by atoms with van der Waals surface area (Å²) >= 11 is 1.73. The number of carbonyl (C=O) groups is 2. The van der Waals surface area contributed by atoms with E-state index < -0.39 is 0 Å². The fourth-order valence-corrected chi connectivity index (χ4v) is 4.20. The number of amides is 2. The molecule has 0 aromatic carbocycles. The summed E-state index contributed by atoms with van der Waals surface area (Å²) < 4.78 is 0. The van der Waals surface area contributed by atoms with Gasteiger partial charge in [-0.15, -0.1) is 0 Å². The summed E-state index contributed by atoms with van der Waals surface area (Å²) in [4.78, 5) is 28.7. The van der Waals surface area contributed by atoms with Gasteiger partial charge in [-0.3, -0.25) is 9.59 Å². The average molecular weight is 341 g/mol. The highest BCUT2D eigenvalue weighted by Gasteiger charge is 2.42. The van der Waals surface area contributed by atoms with Crippen molar-refractivity contribution in [3.05, 3.63) is 0 Å². The van der Waals surface area contributed by atoms with Crippen LogP contribution in [0.3, 0.4) is 0 Å². The van der Waals surface area contributed by atoms with Crippen molar-refractivity contribution in [1.29, 1.82) is 0 Å². The molecule has 5 heteroatoms. The maximum Gasteiger partial charge on any atom is 0.223 e. The van der Waals surface area contributed by atoms with Crippen molar-refractivity contribution in [1.82, 2.24) is 9.80 Å². The van der Waals surface area contributed by atoms with Crippen LogP contribution in [0, 0.1) is 11.3 Å². The Bertz CT molecular complexity index is 427. The van der Waals surface area contributed by atoms with Crippen LogP contribution in [0.4, 0.5) is 0 Å². The largest absolute Gasteiger partial charge is 0.342 e. The second-order valence-electron chi connectivity index (χ2n) is 7.66. The summed E-state index contributed by atoms with van der Waals surface area (Å²) in [6, 6.07) is 0. The van der Waals surface area contributed by atoms with E-state index in [2.05, 4.69) is 23.6 Å². The molecule has 0 N–H and O–H groups in total. The minimum Gasteiger partial charge on any atom is -0.342 e. The number of likely N-dealkylation sites (tertiary alicyclic amines) is 2. The number of carbonyl (C=O) groups excluding carboxylic acids is 2. The summed E-state index contributed by atoms with van der Waals surface area (Å²) in [5.41, 5.74) is 0.151. The van der Waals surface area contributed by atoms with Crippen LogP contribution in [-0.2, 0) is 9.59 Å². The van der Waals surface area contributed by atoms with Gasteiger partial charge in [0.15, 0.2) is 0 Å². The fraction of sp³-hybridized carbons (Fsp3) is 0.889. The lowest BCUT2D eigenvalue weighted by molar-refractivity contribution is -0.143. The molecular formula is C18H32N2O2S. The van der Waals surface area contributed by atoms with Gasteiger partial charge in [-0.05, 0) is 37.9 Å². The second kappa shape index (κ2) is 8.41. The second-order valence-corrected chi connectivity index (χ2v) is 8.65. The lowest BCUT2D eigenvalue weighted by Gasteiger charge is -2.48. The Hall–Kier alpha value is -0.710. The third-order valence-corrected chi connectivity index (χ3v) is 5.87. The quantitative estimate of drug-likeness (QED) is 0.746. The monoisotopic (exact) mass is 340 g/mol. The Morgan fingerprint density at radius 2 is 2.09 bits per heavy atom. The molecule has 2 aliphatic rings. The van der Waals surface area contributed by atoms with Gasteiger partial charge in [0.05, 0.1) is 0 Å². The van der Waals surface area contributed by atoms with Gasteiger partial charge in [0, 0.05) is 50.2 Å². The van der Waals surface area contributed by atoms with Gasteiger partial charge in [-0.1, -0.05) is 13.8 Å². The van der Waals surface area contributed by atoms with Gasteiger partial charge >= 0.3 is 0 Å². The molecule has 23 heavy (non-hydrogen) atoms. The summed E-state index contributed by atoms with van der Waals surface area (Å²) in [6.07, 6.45) is 7.61. The maximum absolute atomic E-state index is 12.4. The van der Waals surface area contributed by atoms with Crippen molar-refractivity contribution in [2.45, 2.75) is 52.4 Å². The third kappa shape index (κ3) is 5.13.